The number of nitrogens with two attached hydrogens (primary N) is 1. The van der Waals surface area contributed by atoms with E-state index in [4.69, 9.17) is 17.3 Å². The van der Waals surface area contributed by atoms with Gasteiger partial charge in [-0.2, -0.15) is 0 Å². The Kier molecular flexibility index (Phi) is 3.43. The summed E-state index contributed by atoms with van der Waals surface area (Å²) in [4.78, 5) is 15.3. The molecule has 0 saturated carbocycles. The third kappa shape index (κ3) is 2.57. The highest BCUT2D eigenvalue weighted by Crippen LogP contribution is 2.22. The van der Waals surface area contributed by atoms with Crippen LogP contribution in [0.4, 0.5) is 15.8 Å². The number of carbonyl (C=O) groups excluding carboxylic acids is 1. The molecule has 0 bridgehead atoms. The number of halogens is 2. The number of hydrogen-bond acceptors (Lipinski definition) is 3. The number of nitrogen functional groups attached to an aromatic ring is 1. The largest absolute Gasteiger partial charge is 0.397 e. The molecule has 4 nitrogen and oxygen atoms in total. The molecule has 0 aliphatic heterocycles. The van der Waals surface area contributed by atoms with Crippen LogP contribution in [-0.4, -0.2) is 10.9 Å². The molecule has 0 aliphatic rings. The first-order valence-electron chi connectivity index (χ1n) is 5.04. The molecule has 18 heavy (non-hydrogen) atoms. The lowest BCUT2D eigenvalue weighted by atomic mass is 10.2. The smallest absolute Gasteiger partial charge is 0.258 e. The van der Waals surface area contributed by atoms with Crippen LogP contribution < -0.4 is 11.1 Å². The Balaban J connectivity index is 2.22. The van der Waals surface area contributed by atoms with Crippen LogP contribution in [0.1, 0.15) is 10.4 Å². The molecule has 0 unspecified atom stereocenters. The second-order valence-electron chi connectivity index (χ2n) is 3.55. The minimum Gasteiger partial charge on any atom is -0.397 e. The highest BCUT2D eigenvalue weighted by molar-refractivity contribution is 6.33. The van der Waals surface area contributed by atoms with Crippen LogP contribution in [0.2, 0.25) is 5.02 Å². The third-order valence-electron chi connectivity index (χ3n) is 2.27. The maximum Gasteiger partial charge on any atom is 0.258 e. The molecule has 1 heterocycles. The van der Waals surface area contributed by atoms with Crippen molar-refractivity contribution in [3.8, 4) is 0 Å². The van der Waals surface area contributed by atoms with Crippen molar-refractivity contribution in [1.82, 2.24) is 4.98 Å². The topological polar surface area (TPSA) is 68.0 Å². The van der Waals surface area contributed by atoms with Crippen molar-refractivity contribution in [3.05, 3.63) is 53.1 Å². The van der Waals surface area contributed by atoms with E-state index in [1.807, 2.05) is 0 Å². The summed E-state index contributed by atoms with van der Waals surface area (Å²) in [5.41, 5.74) is 6.29. The van der Waals surface area contributed by atoms with Crippen LogP contribution in [0, 0.1) is 5.82 Å². The van der Waals surface area contributed by atoms with Crippen molar-refractivity contribution >= 4 is 28.9 Å². The lowest BCUT2D eigenvalue weighted by molar-refractivity contribution is 0.102. The highest BCUT2D eigenvalue weighted by atomic mass is 35.5. The number of hydrogen-bond donors (Lipinski definition) is 2. The number of nitrogens with one attached hydrogen (secondary N) is 1. The van der Waals surface area contributed by atoms with Gasteiger partial charge in [0.15, 0.2) is 5.82 Å². The van der Waals surface area contributed by atoms with Crippen molar-refractivity contribution in [2.75, 3.05) is 11.1 Å². The number of rotatable bonds is 2. The molecule has 1 aromatic carbocycles. The van der Waals surface area contributed by atoms with Crippen LogP contribution in [0.5, 0.6) is 0 Å². The van der Waals surface area contributed by atoms with Crippen LogP contribution in [0.15, 0.2) is 36.7 Å². The summed E-state index contributed by atoms with van der Waals surface area (Å²) >= 11 is 5.75. The van der Waals surface area contributed by atoms with Crippen LogP contribution in [-0.2, 0) is 0 Å². The third-order valence-corrected chi connectivity index (χ3v) is 2.62. The molecule has 2 aromatic rings. The molecule has 0 atom stereocenters. The first kappa shape index (κ1) is 12.3. The standard InChI is InChI=1S/C12H9ClFN3O/c13-9-2-1-7(5-11(9)15)17-12(18)8-3-4-16-6-10(8)14/h1-6H,15H2,(H,17,18). The van der Waals surface area contributed by atoms with E-state index < -0.39 is 11.7 Å². The Labute approximate surface area is 108 Å². The summed E-state index contributed by atoms with van der Waals surface area (Å²) in [5, 5.41) is 2.91. The number of anilines is 2. The summed E-state index contributed by atoms with van der Waals surface area (Å²) < 4.78 is 13.3. The van der Waals surface area contributed by atoms with Crippen molar-refractivity contribution in [2.45, 2.75) is 0 Å². The van der Waals surface area contributed by atoms with Gasteiger partial charge in [0.1, 0.15) is 0 Å². The first-order valence-corrected chi connectivity index (χ1v) is 5.41. The van der Waals surface area contributed by atoms with E-state index >= 15 is 0 Å². The summed E-state index contributed by atoms with van der Waals surface area (Å²) in [6.07, 6.45) is 2.32. The Hall–Kier alpha value is -2.14. The second kappa shape index (κ2) is 5.01. The van der Waals surface area contributed by atoms with E-state index in [0.717, 1.165) is 6.20 Å². The molecule has 0 saturated heterocycles. The van der Waals surface area contributed by atoms with E-state index in [2.05, 4.69) is 10.3 Å². The molecule has 6 heteroatoms. The molecular formula is C12H9ClFN3O. The fourth-order valence-electron chi connectivity index (χ4n) is 1.38. The summed E-state index contributed by atoms with van der Waals surface area (Å²) in [7, 11) is 0. The molecule has 1 amide bonds. The lowest BCUT2D eigenvalue weighted by Crippen LogP contribution is -2.14. The quantitative estimate of drug-likeness (QED) is 0.821. The Morgan fingerprint density at radius 1 is 1.39 bits per heavy atom. The van der Waals surface area contributed by atoms with Crippen LogP contribution in [0.3, 0.4) is 0 Å². The maximum atomic E-state index is 13.3. The van der Waals surface area contributed by atoms with Gasteiger partial charge in [-0.1, -0.05) is 11.6 Å². The number of nitrogens with zero attached hydrogens (tertiary/aromatic N) is 1. The Morgan fingerprint density at radius 3 is 2.83 bits per heavy atom. The zero-order chi connectivity index (χ0) is 13.1. The number of amides is 1. The minimum atomic E-state index is -0.683. The zero-order valence-corrected chi connectivity index (χ0v) is 9.91. The predicted molar refractivity (Wildman–Crippen MR) is 68.0 cm³/mol. The fourth-order valence-corrected chi connectivity index (χ4v) is 1.50. The molecule has 0 spiro atoms. The molecule has 0 aliphatic carbocycles. The van der Waals surface area contributed by atoms with E-state index in [1.165, 1.54) is 18.3 Å². The van der Waals surface area contributed by atoms with E-state index in [0.29, 0.717) is 16.4 Å². The average Bonchev–Trinajstić information content (AvgIpc) is 2.34. The van der Waals surface area contributed by atoms with Gasteiger partial charge in [-0.25, -0.2) is 4.39 Å². The molecule has 1 aromatic heterocycles. The first-order chi connectivity index (χ1) is 8.58. The number of carbonyl (C=O) groups is 1. The summed E-state index contributed by atoms with van der Waals surface area (Å²) in [6, 6.07) is 5.92. The van der Waals surface area contributed by atoms with Crippen molar-refractivity contribution < 1.29 is 9.18 Å². The minimum absolute atomic E-state index is 0.0847. The van der Waals surface area contributed by atoms with Crippen LogP contribution >= 0.6 is 11.6 Å². The molecule has 92 valence electrons. The molecule has 0 radical (unpaired) electrons. The van der Waals surface area contributed by atoms with Crippen molar-refractivity contribution in [1.29, 1.82) is 0 Å². The maximum absolute atomic E-state index is 13.3. The Morgan fingerprint density at radius 2 is 2.17 bits per heavy atom. The van der Waals surface area contributed by atoms with Crippen molar-refractivity contribution in [3.63, 3.8) is 0 Å². The average molecular weight is 266 g/mol. The fraction of sp³-hybridized carbons (Fsp3) is 0. The predicted octanol–water partition coefficient (Wildman–Crippen LogP) is 2.71. The van der Waals surface area contributed by atoms with Gasteiger partial charge in [-0.15, -0.1) is 0 Å². The lowest BCUT2D eigenvalue weighted by Gasteiger charge is -2.07. The number of aromatic nitrogens is 1. The van der Waals surface area contributed by atoms with E-state index in [-0.39, 0.29) is 5.56 Å². The van der Waals surface area contributed by atoms with Crippen molar-refractivity contribution in [2.24, 2.45) is 0 Å². The van der Waals surface area contributed by atoms with Gasteiger partial charge < -0.3 is 11.1 Å². The van der Waals surface area contributed by atoms with Gasteiger partial charge in [0.05, 0.1) is 22.5 Å². The normalized spacial score (nSPS) is 10.1. The van der Waals surface area contributed by atoms with E-state index in [9.17, 15) is 9.18 Å². The summed E-state index contributed by atoms with van der Waals surface area (Å²) in [6.45, 7) is 0. The van der Waals surface area contributed by atoms with Gasteiger partial charge in [0.2, 0.25) is 0 Å². The Bertz CT molecular complexity index is 604. The second-order valence-corrected chi connectivity index (χ2v) is 3.95. The zero-order valence-electron chi connectivity index (χ0n) is 9.15. The van der Waals surface area contributed by atoms with Gasteiger partial charge in [-0.05, 0) is 24.3 Å². The monoisotopic (exact) mass is 265 g/mol. The van der Waals surface area contributed by atoms with Gasteiger partial charge in [0, 0.05) is 11.9 Å². The molecule has 0 fully saturated rings. The highest BCUT2D eigenvalue weighted by Gasteiger charge is 2.11. The molecule has 3 N–H and O–H groups in total. The van der Waals surface area contributed by atoms with Gasteiger partial charge >= 0.3 is 0 Å². The summed E-state index contributed by atoms with van der Waals surface area (Å²) in [5.74, 6) is -1.26. The number of pyridine rings is 1. The number of benzene rings is 1. The SMILES string of the molecule is Nc1cc(NC(=O)c2ccncc2F)ccc1Cl. The molecule has 2 rings (SSSR count). The molecular weight excluding hydrogens is 257 g/mol. The van der Waals surface area contributed by atoms with Crippen LogP contribution in [0.25, 0.3) is 0 Å². The van der Waals surface area contributed by atoms with E-state index in [1.54, 1.807) is 12.1 Å². The van der Waals surface area contributed by atoms with Gasteiger partial charge in [-0.3, -0.25) is 9.78 Å². The van der Waals surface area contributed by atoms with Gasteiger partial charge in [0.25, 0.3) is 5.91 Å².